The molecule has 7 rings (SSSR count). The molecule has 0 spiro atoms. The summed E-state index contributed by atoms with van der Waals surface area (Å²) < 4.78 is 24.0. The smallest absolute Gasteiger partial charge is 0.315 e. The molecule has 7 N–H and O–H groups in total. The first-order chi connectivity index (χ1) is 24.7. The van der Waals surface area contributed by atoms with Gasteiger partial charge in [-0.2, -0.15) is 0 Å². The van der Waals surface area contributed by atoms with Crippen molar-refractivity contribution in [2.24, 2.45) is 50.7 Å². The predicted molar refractivity (Wildman–Crippen MR) is 192 cm³/mol. The molecule has 0 radical (unpaired) electrons. The molecule has 0 aromatic heterocycles. The van der Waals surface area contributed by atoms with E-state index >= 15 is 0 Å². The average Bonchev–Trinajstić information content (AvgIpc) is 3.10. The molecule has 0 aromatic carbocycles. The van der Waals surface area contributed by atoms with E-state index in [0.717, 1.165) is 51.4 Å². The highest BCUT2D eigenvalue weighted by Gasteiger charge is 2.67. The van der Waals surface area contributed by atoms with Crippen LogP contribution in [0.25, 0.3) is 0 Å². The van der Waals surface area contributed by atoms with E-state index in [2.05, 4.69) is 47.6 Å². The molecule has 0 bridgehead atoms. The lowest BCUT2D eigenvalue weighted by molar-refractivity contribution is -0.324. The number of carbonyl (C=O) groups excluding carboxylic acids is 1. The third-order valence-electron chi connectivity index (χ3n) is 16.4. The van der Waals surface area contributed by atoms with Gasteiger partial charge in [-0.3, -0.25) is 4.79 Å². The summed E-state index contributed by atoms with van der Waals surface area (Å²) in [5.74, 6) is 0.600. The van der Waals surface area contributed by atoms with E-state index in [1.165, 1.54) is 5.57 Å². The van der Waals surface area contributed by atoms with Crippen LogP contribution in [0, 0.1) is 50.7 Å². The molecular weight excluding hydrogens is 684 g/mol. The van der Waals surface area contributed by atoms with Crippen molar-refractivity contribution in [2.75, 3.05) is 6.61 Å². The maximum atomic E-state index is 14.4. The number of fused-ring (bicyclic) bond motifs is 7. The van der Waals surface area contributed by atoms with Crippen molar-refractivity contribution in [3.8, 4) is 0 Å². The van der Waals surface area contributed by atoms with E-state index in [1.807, 2.05) is 0 Å². The summed E-state index contributed by atoms with van der Waals surface area (Å²) in [6.45, 7) is 15.1. The standard InChI is InChI=1S/C41H66O12/c1-20-28(43)30(45)32(47)34(50-20)52-27-12-14-40(7)25(38(27,4)5)11-13-39(6)22-10-15-41(17-16-37(2,3)18-23(41)21(22)8-9-26(39)40)36(49)53-35-33(48)31(46)29(44)24(19-42)51-35/h8,20,22-35,42-48H,9-19H2,1-7H3. The van der Waals surface area contributed by atoms with Gasteiger partial charge in [-0.05, 0) is 116 Å². The molecule has 302 valence electrons. The molecule has 4 saturated carbocycles. The summed E-state index contributed by atoms with van der Waals surface area (Å²) in [7, 11) is 0. The monoisotopic (exact) mass is 750 g/mol. The fraction of sp³-hybridized carbons (Fsp3) is 0.927. The van der Waals surface area contributed by atoms with E-state index in [1.54, 1.807) is 6.92 Å². The summed E-state index contributed by atoms with van der Waals surface area (Å²) in [6, 6.07) is 0. The Labute approximate surface area is 314 Å². The highest BCUT2D eigenvalue weighted by atomic mass is 16.7. The van der Waals surface area contributed by atoms with E-state index < -0.39 is 79.4 Å². The number of hydrogen-bond donors (Lipinski definition) is 7. The fourth-order valence-corrected chi connectivity index (χ4v) is 13.2. The normalized spacial score (nSPS) is 53.2. The molecule has 2 aliphatic heterocycles. The third kappa shape index (κ3) is 6.19. The van der Waals surface area contributed by atoms with Crippen LogP contribution in [0.5, 0.6) is 0 Å². The fourth-order valence-electron chi connectivity index (χ4n) is 13.2. The first-order valence-corrected chi connectivity index (χ1v) is 20.3. The van der Waals surface area contributed by atoms with Crippen LogP contribution in [0.2, 0.25) is 0 Å². The Hall–Kier alpha value is -1.19. The molecule has 0 aromatic rings. The van der Waals surface area contributed by atoms with Gasteiger partial charge in [0.15, 0.2) is 6.29 Å². The molecule has 12 heteroatoms. The molecule has 18 unspecified atom stereocenters. The highest BCUT2D eigenvalue weighted by molar-refractivity contribution is 5.79. The molecule has 12 nitrogen and oxygen atoms in total. The summed E-state index contributed by atoms with van der Waals surface area (Å²) in [5.41, 5.74) is 0.388. The maximum Gasteiger partial charge on any atom is 0.315 e. The zero-order valence-electron chi connectivity index (χ0n) is 32.7. The van der Waals surface area contributed by atoms with Gasteiger partial charge in [-0.1, -0.05) is 53.2 Å². The van der Waals surface area contributed by atoms with Gasteiger partial charge in [0.25, 0.3) is 0 Å². The van der Waals surface area contributed by atoms with Crippen LogP contribution in [0.1, 0.15) is 113 Å². The Morgan fingerprint density at radius 2 is 1.40 bits per heavy atom. The van der Waals surface area contributed by atoms with Crippen LogP contribution < -0.4 is 0 Å². The van der Waals surface area contributed by atoms with Crippen molar-refractivity contribution in [2.45, 2.75) is 180 Å². The second-order valence-electron chi connectivity index (χ2n) is 20.0. The number of carbonyl (C=O) groups is 1. The summed E-state index contributed by atoms with van der Waals surface area (Å²) in [4.78, 5) is 14.4. The number of esters is 1. The van der Waals surface area contributed by atoms with Gasteiger partial charge in [-0.25, -0.2) is 0 Å². The van der Waals surface area contributed by atoms with Crippen molar-refractivity contribution in [1.29, 1.82) is 0 Å². The Bertz CT molecular complexity index is 1410. The van der Waals surface area contributed by atoms with E-state index in [-0.39, 0.29) is 33.7 Å². The van der Waals surface area contributed by atoms with Crippen LogP contribution in [0.15, 0.2) is 11.6 Å². The minimum atomic E-state index is -1.64. The number of rotatable bonds is 5. The highest BCUT2D eigenvalue weighted by Crippen LogP contribution is 2.72. The first kappa shape index (κ1) is 40.0. The number of ether oxygens (including phenoxy) is 4. The Balaban J connectivity index is 1.13. The van der Waals surface area contributed by atoms with Crippen LogP contribution >= 0.6 is 0 Å². The average molecular weight is 751 g/mol. The van der Waals surface area contributed by atoms with Gasteiger partial charge in [0.2, 0.25) is 6.29 Å². The molecule has 5 aliphatic carbocycles. The largest absolute Gasteiger partial charge is 0.432 e. The quantitative estimate of drug-likeness (QED) is 0.124. The Kier molecular flexibility index (Phi) is 10.4. The first-order valence-electron chi connectivity index (χ1n) is 20.3. The molecule has 18 atom stereocenters. The molecule has 53 heavy (non-hydrogen) atoms. The summed E-state index contributed by atoms with van der Waals surface area (Å²) >= 11 is 0. The SMILES string of the molecule is CC1OC(OC2CCC3(C)C(CCC4(C)C5CCC6(C(=O)OC7OC(CO)C(O)C(O)C7O)CCC(C)(C)CC6C5=CCC43)C2(C)C)C(O)C(O)C1O. The van der Waals surface area contributed by atoms with Crippen LogP contribution in [0.4, 0.5) is 0 Å². The number of aliphatic hydroxyl groups is 7. The Morgan fingerprint density at radius 3 is 2.09 bits per heavy atom. The lowest BCUT2D eigenvalue weighted by Gasteiger charge is -2.68. The zero-order chi connectivity index (χ0) is 38.6. The van der Waals surface area contributed by atoms with Gasteiger partial charge in [0.05, 0.1) is 24.2 Å². The topological polar surface area (TPSA) is 196 Å². The van der Waals surface area contributed by atoms with E-state index in [9.17, 15) is 40.5 Å². The predicted octanol–water partition coefficient (Wildman–Crippen LogP) is 2.95. The van der Waals surface area contributed by atoms with Crippen LogP contribution in [0.3, 0.4) is 0 Å². The maximum absolute atomic E-state index is 14.4. The lowest BCUT2D eigenvalue weighted by atomic mass is 9.37. The third-order valence-corrected chi connectivity index (χ3v) is 16.4. The van der Waals surface area contributed by atoms with Crippen molar-refractivity contribution in [1.82, 2.24) is 0 Å². The van der Waals surface area contributed by atoms with Crippen molar-refractivity contribution in [3.05, 3.63) is 11.6 Å². The second kappa shape index (κ2) is 13.7. The second-order valence-corrected chi connectivity index (χ2v) is 20.0. The minimum absolute atomic E-state index is 0.0195. The number of hydrogen-bond acceptors (Lipinski definition) is 12. The number of allylic oxidation sites excluding steroid dienone is 2. The van der Waals surface area contributed by atoms with Gasteiger partial charge in [0, 0.05) is 0 Å². The van der Waals surface area contributed by atoms with Crippen molar-refractivity contribution in [3.63, 3.8) is 0 Å². The van der Waals surface area contributed by atoms with E-state index in [4.69, 9.17) is 18.9 Å². The molecule has 2 saturated heterocycles. The van der Waals surface area contributed by atoms with Gasteiger partial charge >= 0.3 is 5.97 Å². The molecule has 0 amide bonds. The molecule has 2 heterocycles. The van der Waals surface area contributed by atoms with Gasteiger partial charge in [-0.15, -0.1) is 0 Å². The summed E-state index contributed by atoms with van der Waals surface area (Å²) in [6.07, 6.45) is -2.12. The molecule has 6 fully saturated rings. The molecular formula is C41H66O12. The number of aliphatic hydroxyl groups excluding tert-OH is 7. The Morgan fingerprint density at radius 1 is 0.736 bits per heavy atom. The van der Waals surface area contributed by atoms with Crippen LogP contribution in [-0.2, 0) is 23.7 Å². The van der Waals surface area contributed by atoms with Gasteiger partial charge < -0.3 is 54.7 Å². The lowest BCUT2D eigenvalue weighted by Crippen LogP contribution is -2.64. The van der Waals surface area contributed by atoms with Crippen molar-refractivity contribution >= 4 is 5.97 Å². The summed E-state index contributed by atoms with van der Waals surface area (Å²) in [5, 5.41) is 72.7. The molecule has 7 aliphatic rings. The van der Waals surface area contributed by atoms with Gasteiger partial charge in [0.1, 0.15) is 42.7 Å². The van der Waals surface area contributed by atoms with E-state index in [0.29, 0.717) is 30.6 Å². The zero-order valence-corrected chi connectivity index (χ0v) is 32.7. The van der Waals surface area contributed by atoms with Crippen LogP contribution in [-0.4, -0.2) is 116 Å². The van der Waals surface area contributed by atoms with Crippen molar-refractivity contribution < 1.29 is 59.5 Å². The minimum Gasteiger partial charge on any atom is -0.432 e.